The van der Waals surface area contributed by atoms with Gasteiger partial charge in [-0.3, -0.25) is 0 Å². The summed E-state index contributed by atoms with van der Waals surface area (Å²) >= 11 is 0. The van der Waals surface area contributed by atoms with Gasteiger partial charge in [0.05, 0.1) is 27.9 Å². The topological polar surface area (TPSA) is 64.0 Å². The summed E-state index contributed by atoms with van der Waals surface area (Å²) in [5, 5.41) is 2.99. The molecule has 1 heterocycles. The second-order valence-electron chi connectivity index (χ2n) is 5.56. The molecule has 1 aromatic heterocycles. The second-order valence-corrected chi connectivity index (χ2v) is 7.57. The van der Waals surface area contributed by atoms with E-state index in [2.05, 4.69) is 10.3 Å². The average molecular weight is 333 g/mol. The second kappa shape index (κ2) is 5.34. The molecule has 7 heteroatoms. The molecule has 0 spiro atoms. The van der Waals surface area contributed by atoms with E-state index >= 15 is 0 Å². The van der Waals surface area contributed by atoms with Crippen molar-refractivity contribution < 1.29 is 12.8 Å². The zero-order valence-electron chi connectivity index (χ0n) is 13.0. The maximum Gasteiger partial charge on any atom is 0.175 e. The first kappa shape index (κ1) is 15.5. The van der Waals surface area contributed by atoms with Crippen molar-refractivity contribution in [2.45, 2.75) is 11.8 Å². The van der Waals surface area contributed by atoms with Gasteiger partial charge in [-0.15, -0.1) is 0 Å². The summed E-state index contributed by atoms with van der Waals surface area (Å²) in [6, 6.07) is 7.58. The Morgan fingerprint density at radius 2 is 1.96 bits per heavy atom. The summed E-state index contributed by atoms with van der Waals surface area (Å²) < 4.78 is 39.0. The lowest BCUT2D eigenvalue weighted by Crippen LogP contribution is -2.00. The van der Waals surface area contributed by atoms with Crippen molar-refractivity contribution in [3.8, 4) is 0 Å². The number of halogens is 1. The van der Waals surface area contributed by atoms with Crippen molar-refractivity contribution in [3.05, 3.63) is 48.0 Å². The molecule has 23 heavy (non-hydrogen) atoms. The van der Waals surface area contributed by atoms with Crippen LogP contribution in [-0.2, 0) is 16.9 Å². The predicted octanol–water partition coefficient (Wildman–Crippen LogP) is 3.17. The van der Waals surface area contributed by atoms with E-state index in [-0.39, 0.29) is 10.6 Å². The summed E-state index contributed by atoms with van der Waals surface area (Å²) in [4.78, 5) is 4.27. The quantitative estimate of drug-likeness (QED) is 0.799. The fourth-order valence-electron chi connectivity index (χ4n) is 2.46. The molecule has 0 fully saturated rings. The third-order valence-electron chi connectivity index (χ3n) is 3.67. The Labute approximate surface area is 133 Å². The van der Waals surface area contributed by atoms with Crippen LogP contribution in [0.15, 0.2) is 41.6 Å². The first-order valence-corrected chi connectivity index (χ1v) is 8.83. The smallest absolute Gasteiger partial charge is 0.175 e. The highest BCUT2D eigenvalue weighted by Crippen LogP contribution is 2.27. The van der Waals surface area contributed by atoms with E-state index in [1.165, 1.54) is 12.1 Å². The summed E-state index contributed by atoms with van der Waals surface area (Å²) in [6.45, 7) is 1.93. The van der Waals surface area contributed by atoms with Crippen LogP contribution in [0.4, 0.5) is 15.8 Å². The van der Waals surface area contributed by atoms with Crippen LogP contribution in [0.2, 0.25) is 0 Å². The van der Waals surface area contributed by atoms with Gasteiger partial charge >= 0.3 is 0 Å². The zero-order chi connectivity index (χ0) is 16.8. The van der Waals surface area contributed by atoms with Gasteiger partial charge in [-0.25, -0.2) is 17.8 Å². The first-order chi connectivity index (χ1) is 10.8. The lowest BCUT2D eigenvalue weighted by molar-refractivity contribution is 0.596. The third-order valence-corrected chi connectivity index (χ3v) is 4.78. The van der Waals surface area contributed by atoms with E-state index in [4.69, 9.17) is 0 Å². The zero-order valence-corrected chi connectivity index (χ0v) is 13.8. The Balaban J connectivity index is 2.01. The Hall–Kier alpha value is -2.41. The summed E-state index contributed by atoms with van der Waals surface area (Å²) in [5.41, 5.74) is 3.73. The van der Waals surface area contributed by atoms with E-state index in [0.717, 1.165) is 28.9 Å². The van der Waals surface area contributed by atoms with Crippen LogP contribution < -0.4 is 5.32 Å². The van der Waals surface area contributed by atoms with E-state index in [1.807, 2.05) is 30.7 Å². The molecule has 1 N–H and O–H groups in total. The molecule has 0 aliphatic heterocycles. The molecule has 0 radical (unpaired) electrons. The van der Waals surface area contributed by atoms with Crippen molar-refractivity contribution >= 4 is 32.2 Å². The minimum atomic E-state index is -3.43. The van der Waals surface area contributed by atoms with Gasteiger partial charge in [0.1, 0.15) is 5.82 Å². The minimum absolute atomic E-state index is 0.0428. The molecule has 0 atom stereocenters. The fraction of sp³-hybridized carbons (Fsp3) is 0.188. The Morgan fingerprint density at radius 1 is 1.22 bits per heavy atom. The number of hydrogen-bond acceptors (Lipinski definition) is 4. The van der Waals surface area contributed by atoms with Crippen molar-refractivity contribution in [3.63, 3.8) is 0 Å². The lowest BCUT2D eigenvalue weighted by Gasteiger charge is -2.10. The number of sulfone groups is 1. The van der Waals surface area contributed by atoms with E-state index in [1.54, 1.807) is 6.33 Å². The molecular weight excluding hydrogens is 317 g/mol. The van der Waals surface area contributed by atoms with Crippen LogP contribution in [0.1, 0.15) is 5.56 Å². The van der Waals surface area contributed by atoms with Crippen molar-refractivity contribution in [2.24, 2.45) is 7.05 Å². The maximum absolute atomic E-state index is 14.2. The number of nitrogens with zero attached hydrogens (tertiary/aromatic N) is 2. The summed E-state index contributed by atoms with van der Waals surface area (Å²) in [7, 11) is -1.54. The van der Waals surface area contributed by atoms with Gasteiger partial charge in [0.15, 0.2) is 9.84 Å². The van der Waals surface area contributed by atoms with Crippen molar-refractivity contribution in [1.29, 1.82) is 0 Å². The molecule has 5 nitrogen and oxygen atoms in total. The largest absolute Gasteiger partial charge is 0.353 e. The van der Waals surface area contributed by atoms with Crippen LogP contribution in [0.3, 0.4) is 0 Å². The van der Waals surface area contributed by atoms with Crippen LogP contribution >= 0.6 is 0 Å². The number of aryl methyl sites for hydroxylation is 2. The third kappa shape index (κ3) is 2.92. The number of hydrogen-bond donors (Lipinski definition) is 1. The van der Waals surface area contributed by atoms with Crippen LogP contribution in [0.5, 0.6) is 0 Å². The predicted molar refractivity (Wildman–Crippen MR) is 88.2 cm³/mol. The van der Waals surface area contributed by atoms with Gasteiger partial charge in [0, 0.05) is 19.0 Å². The van der Waals surface area contributed by atoms with Gasteiger partial charge in [0.2, 0.25) is 0 Å². The van der Waals surface area contributed by atoms with Gasteiger partial charge in [-0.1, -0.05) is 0 Å². The van der Waals surface area contributed by atoms with E-state index in [9.17, 15) is 12.8 Å². The molecular formula is C16H16FN3O2S. The molecule has 0 aliphatic carbocycles. The number of aromatic nitrogens is 2. The summed E-state index contributed by atoms with van der Waals surface area (Å²) in [6.07, 6.45) is 2.78. The van der Waals surface area contributed by atoms with Crippen LogP contribution in [0.25, 0.3) is 11.0 Å². The van der Waals surface area contributed by atoms with Gasteiger partial charge in [0.25, 0.3) is 0 Å². The monoisotopic (exact) mass is 333 g/mol. The molecule has 0 saturated heterocycles. The average Bonchev–Trinajstić information content (AvgIpc) is 2.82. The van der Waals surface area contributed by atoms with Crippen molar-refractivity contribution in [1.82, 2.24) is 9.55 Å². The van der Waals surface area contributed by atoms with Crippen LogP contribution in [0, 0.1) is 12.7 Å². The molecule has 120 valence electrons. The Kier molecular flexibility index (Phi) is 3.60. The number of imidazole rings is 1. The highest BCUT2D eigenvalue weighted by molar-refractivity contribution is 7.90. The maximum atomic E-state index is 14.2. The fourth-order valence-corrected chi connectivity index (χ4v) is 3.09. The standard InChI is InChI=1S/C16H16FN3O2S/c1-10-6-11(7-15-16(10)18-9-20(15)2)19-14-5-4-12(8-13(14)17)23(3,21)22/h4-9,19H,1-3H3. The lowest BCUT2D eigenvalue weighted by atomic mass is 10.1. The summed E-state index contributed by atoms with van der Waals surface area (Å²) in [5.74, 6) is -0.615. The van der Waals surface area contributed by atoms with Gasteiger partial charge in [-0.2, -0.15) is 0 Å². The highest BCUT2D eigenvalue weighted by Gasteiger charge is 2.12. The minimum Gasteiger partial charge on any atom is -0.353 e. The Bertz CT molecular complexity index is 1010. The van der Waals surface area contributed by atoms with Crippen molar-refractivity contribution in [2.75, 3.05) is 11.6 Å². The first-order valence-electron chi connectivity index (χ1n) is 6.94. The molecule has 3 rings (SSSR count). The van der Waals surface area contributed by atoms with Gasteiger partial charge < -0.3 is 9.88 Å². The molecule has 3 aromatic rings. The number of anilines is 2. The number of fused-ring (bicyclic) bond motifs is 1. The molecule has 0 amide bonds. The molecule has 0 saturated carbocycles. The number of benzene rings is 2. The van der Waals surface area contributed by atoms with E-state index in [0.29, 0.717) is 5.69 Å². The molecule has 2 aromatic carbocycles. The molecule has 0 unspecified atom stereocenters. The Morgan fingerprint density at radius 3 is 2.61 bits per heavy atom. The molecule has 0 bridgehead atoms. The van der Waals surface area contributed by atoms with Gasteiger partial charge in [-0.05, 0) is 42.8 Å². The van der Waals surface area contributed by atoms with Crippen LogP contribution in [-0.4, -0.2) is 24.2 Å². The number of rotatable bonds is 3. The normalized spacial score (nSPS) is 11.8. The highest BCUT2D eigenvalue weighted by atomic mass is 32.2. The number of nitrogens with one attached hydrogen (secondary N) is 1. The molecule has 0 aliphatic rings. The SMILES string of the molecule is Cc1cc(Nc2ccc(S(C)(=O)=O)cc2F)cc2c1ncn2C. The van der Waals surface area contributed by atoms with E-state index < -0.39 is 15.7 Å².